The lowest BCUT2D eigenvalue weighted by molar-refractivity contribution is -0.0776. The highest BCUT2D eigenvalue weighted by Gasteiger charge is 2.59. The number of nitrogen functional groups attached to an aromatic ring is 1. The molecule has 0 aromatic carbocycles. The molecule has 24 heavy (non-hydrogen) atoms. The number of ether oxygens (including phenoxy) is 1. The van der Waals surface area contributed by atoms with Crippen LogP contribution in [0.2, 0.25) is 0 Å². The number of nitrogens with two attached hydrogens (primary N) is 1. The Kier molecular flexibility index (Phi) is 4.08. The van der Waals surface area contributed by atoms with E-state index in [2.05, 4.69) is 20.9 Å². The Balaban J connectivity index is 2.13. The van der Waals surface area contributed by atoms with E-state index in [9.17, 15) is 14.6 Å². The smallest absolute Gasteiger partial charge is 0.243 e. The molecule has 128 valence electrons. The van der Waals surface area contributed by atoms with Gasteiger partial charge in [0.2, 0.25) is 11.6 Å². The second-order valence-electron chi connectivity index (χ2n) is 5.43. The predicted octanol–water partition coefficient (Wildman–Crippen LogP) is -0.271. The number of aliphatic hydroxyl groups excluding tert-OH is 2. The molecule has 10 heteroatoms. The normalized spacial score (nSPS) is 31.0. The number of fused-ring (bicyclic) bond motifs is 1. The number of nitrogens with zero attached hydrogens (tertiary/aromatic N) is 4. The van der Waals surface area contributed by atoms with Gasteiger partial charge < -0.3 is 20.7 Å². The lowest BCUT2D eigenvalue weighted by Crippen LogP contribution is -2.44. The quantitative estimate of drug-likeness (QED) is 0.644. The summed E-state index contributed by atoms with van der Waals surface area (Å²) in [6, 6.07) is 0. The molecule has 1 aliphatic heterocycles. The first-order valence-electron chi connectivity index (χ1n) is 7.10. The maximum absolute atomic E-state index is 15.4. The van der Waals surface area contributed by atoms with Crippen molar-refractivity contribution < 1.29 is 23.7 Å². The van der Waals surface area contributed by atoms with Crippen LogP contribution in [0.5, 0.6) is 0 Å². The highest BCUT2D eigenvalue weighted by atomic mass is 19.1. The van der Waals surface area contributed by atoms with Gasteiger partial charge in [0.1, 0.15) is 24.4 Å². The molecule has 5 atom stereocenters. The van der Waals surface area contributed by atoms with Gasteiger partial charge in [0, 0.05) is 0 Å². The van der Waals surface area contributed by atoms with Gasteiger partial charge in [0.25, 0.3) is 0 Å². The zero-order valence-corrected chi connectivity index (χ0v) is 12.6. The van der Waals surface area contributed by atoms with Crippen molar-refractivity contribution in [3.8, 4) is 11.8 Å². The van der Waals surface area contributed by atoms with E-state index >= 15 is 4.39 Å². The minimum absolute atomic E-state index is 0.0610. The first kappa shape index (κ1) is 16.5. The minimum Gasteiger partial charge on any atom is -0.391 e. The van der Waals surface area contributed by atoms with Crippen LogP contribution in [0, 0.1) is 11.8 Å². The zero-order valence-electron chi connectivity index (χ0n) is 12.6. The minimum atomic E-state index is -2.67. The molecule has 0 aliphatic carbocycles. The van der Waals surface area contributed by atoms with Gasteiger partial charge in [-0.3, -0.25) is 4.57 Å². The maximum Gasteiger partial charge on any atom is 0.243 e. The third-order valence-electron chi connectivity index (χ3n) is 3.80. The third-order valence-corrected chi connectivity index (χ3v) is 3.80. The van der Waals surface area contributed by atoms with Crippen molar-refractivity contribution in [1.29, 1.82) is 0 Å². The van der Waals surface area contributed by atoms with Gasteiger partial charge in [0.15, 0.2) is 11.9 Å². The fraction of sp³-hybridized carbons (Fsp3) is 0.500. The van der Waals surface area contributed by atoms with Crippen LogP contribution < -0.4 is 5.73 Å². The summed E-state index contributed by atoms with van der Waals surface area (Å²) >= 11 is 0. The molecule has 0 amide bonds. The zero-order chi connectivity index (χ0) is 17.5. The van der Waals surface area contributed by atoms with E-state index in [0.717, 1.165) is 0 Å². The van der Waals surface area contributed by atoms with E-state index in [-0.39, 0.29) is 11.6 Å². The monoisotopic (exact) mass is 339 g/mol. The molecule has 4 N–H and O–H groups in total. The van der Waals surface area contributed by atoms with Crippen LogP contribution in [-0.4, -0.2) is 60.4 Å². The molecule has 0 radical (unpaired) electrons. The average Bonchev–Trinajstić information content (AvgIpc) is 3.05. The molecular weight excluding hydrogens is 324 g/mol. The van der Waals surface area contributed by atoms with Crippen LogP contribution in [0.15, 0.2) is 12.5 Å². The summed E-state index contributed by atoms with van der Waals surface area (Å²) in [4.78, 5) is 11.8. The number of aromatic nitrogens is 4. The number of hydrogen-bond acceptors (Lipinski definition) is 7. The first-order valence-corrected chi connectivity index (χ1v) is 7.10. The van der Waals surface area contributed by atoms with Crippen molar-refractivity contribution in [2.75, 3.05) is 12.4 Å². The molecular formula is C14H15F2N5O3. The van der Waals surface area contributed by atoms with Gasteiger partial charge in [-0.05, 0) is 6.92 Å². The molecule has 0 saturated carbocycles. The second-order valence-corrected chi connectivity index (χ2v) is 5.43. The van der Waals surface area contributed by atoms with Crippen LogP contribution in [0.3, 0.4) is 0 Å². The summed E-state index contributed by atoms with van der Waals surface area (Å²) in [7, 11) is 0. The number of imidazole rings is 1. The molecule has 1 unspecified atom stereocenters. The number of halogens is 2. The van der Waals surface area contributed by atoms with Crippen LogP contribution in [0.1, 0.15) is 13.2 Å². The van der Waals surface area contributed by atoms with Gasteiger partial charge in [0.05, 0.1) is 18.6 Å². The SMILES string of the molecule is C[C@H](O)[C@H]1O[C@@H](n2cnc3cnc(N)nc32)[C@@](F)(C#CCF)C1O. The molecule has 3 heterocycles. The van der Waals surface area contributed by atoms with Gasteiger partial charge in [-0.2, -0.15) is 4.98 Å². The summed E-state index contributed by atoms with van der Waals surface area (Å²) < 4.78 is 34.5. The molecule has 2 aromatic heterocycles. The average molecular weight is 339 g/mol. The van der Waals surface area contributed by atoms with Gasteiger partial charge >= 0.3 is 0 Å². The van der Waals surface area contributed by atoms with Crippen molar-refractivity contribution in [1.82, 2.24) is 19.5 Å². The molecule has 0 spiro atoms. The Hall–Kier alpha value is -2.35. The molecule has 2 aromatic rings. The number of alkyl halides is 2. The molecule has 8 nitrogen and oxygen atoms in total. The van der Waals surface area contributed by atoms with Crippen LogP contribution in [0.4, 0.5) is 14.7 Å². The van der Waals surface area contributed by atoms with Crippen LogP contribution in [-0.2, 0) is 4.74 Å². The third kappa shape index (κ3) is 2.47. The topological polar surface area (TPSA) is 119 Å². The summed E-state index contributed by atoms with van der Waals surface area (Å²) in [5.41, 5.74) is 3.36. The van der Waals surface area contributed by atoms with E-state index in [1.807, 2.05) is 5.92 Å². The molecule has 1 fully saturated rings. The predicted molar refractivity (Wildman–Crippen MR) is 78.9 cm³/mol. The number of rotatable bonds is 2. The standard InChI is InChI=1S/C14H15F2N5O3/c1-7(22)9-10(23)14(16,3-2-4-15)12(24-9)21-6-19-8-5-18-13(17)20-11(8)21/h5-7,9-10,12,22-23H,4H2,1H3,(H2,17,18,20)/t7-,9+,10?,12+,14+/m0/s1. The largest absolute Gasteiger partial charge is 0.391 e. The van der Waals surface area contributed by atoms with E-state index in [4.69, 9.17) is 10.5 Å². The summed E-state index contributed by atoms with van der Waals surface area (Å²) in [5.74, 6) is 3.97. The Labute approximate surface area is 135 Å². The van der Waals surface area contributed by atoms with Gasteiger partial charge in [-0.25, -0.2) is 18.7 Å². The van der Waals surface area contributed by atoms with E-state index < -0.39 is 36.9 Å². The van der Waals surface area contributed by atoms with Crippen molar-refractivity contribution in [3.05, 3.63) is 12.5 Å². The first-order chi connectivity index (χ1) is 11.4. The Bertz CT molecular complexity index is 818. The number of hydrogen-bond donors (Lipinski definition) is 3. The number of aliphatic hydroxyl groups is 2. The Morgan fingerprint density at radius 2 is 2.29 bits per heavy atom. The molecule has 0 bridgehead atoms. The highest BCUT2D eigenvalue weighted by Crippen LogP contribution is 2.43. The summed E-state index contributed by atoms with van der Waals surface area (Å²) in [6.07, 6.45) is -3.15. The maximum atomic E-state index is 15.4. The van der Waals surface area contributed by atoms with Crippen molar-refractivity contribution in [2.24, 2.45) is 0 Å². The van der Waals surface area contributed by atoms with Crippen molar-refractivity contribution in [3.63, 3.8) is 0 Å². The summed E-state index contributed by atoms with van der Waals surface area (Å²) in [6.45, 7) is 0.246. The van der Waals surface area contributed by atoms with E-state index in [0.29, 0.717) is 5.52 Å². The molecule has 3 rings (SSSR count). The van der Waals surface area contributed by atoms with E-state index in [1.165, 1.54) is 24.0 Å². The highest BCUT2D eigenvalue weighted by molar-refractivity contribution is 5.70. The van der Waals surface area contributed by atoms with E-state index in [1.54, 1.807) is 0 Å². The lowest BCUT2D eigenvalue weighted by atomic mass is 9.94. The van der Waals surface area contributed by atoms with Crippen LogP contribution >= 0.6 is 0 Å². The molecule has 1 saturated heterocycles. The Morgan fingerprint density at radius 1 is 1.54 bits per heavy atom. The fourth-order valence-electron chi connectivity index (χ4n) is 2.67. The second kappa shape index (κ2) is 5.94. The van der Waals surface area contributed by atoms with Gasteiger partial charge in [-0.1, -0.05) is 11.8 Å². The molecule has 1 aliphatic rings. The number of anilines is 1. The fourth-order valence-corrected chi connectivity index (χ4v) is 2.67. The van der Waals surface area contributed by atoms with Crippen LogP contribution in [0.25, 0.3) is 11.2 Å². The van der Waals surface area contributed by atoms with Gasteiger partial charge in [-0.15, -0.1) is 0 Å². The Morgan fingerprint density at radius 3 is 2.96 bits per heavy atom. The summed E-state index contributed by atoms with van der Waals surface area (Å²) in [5, 5.41) is 19.9. The lowest BCUT2D eigenvalue weighted by Gasteiger charge is -2.23. The van der Waals surface area contributed by atoms with Crippen molar-refractivity contribution >= 4 is 17.1 Å². The van der Waals surface area contributed by atoms with Crippen molar-refractivity contribution in [2.45, 2.75) is 37.1 Å².